The van der Waals surface area contributed by atoms with Gasteiger partial charge in [-0.2, -0.15) is 0 Å². The number of hydrogen-bond acceptors (Lipinski definition) is 1. The van der Waals surface area contributed by atoms with Crippen molar-refractivity contribution in [3.8, 4) is 0 Å². The topological polar surface area (TPSA) is 26.0 Å². The third-order valence-corrected chi connectivity index (χ3v) is 4.81. The van der Waals surface area contributed by atoms with E-state index < -0.39 is 11.6 Å². The summed E-state index contributed by atoms with van der Waals surface area (Å²) >= 11 is 0. The predicted molar refractivity (Wildman–Crippen MR) is 78.6 cm³/mol. The largest absolute Gasteiger partial charge is 0.330 e. The van der Waals surface area contributed by atoms with Crippen LogP contribution in [0.3, 0.4) is 0 Å². The molecule has 0 spiro atoms. The van der Waals surface area contributed by atoms with E-state index in [0.29, 0.717) is 23.6 Å². The first-order valence-electron chi connectivity index (χ1n) is 7.73. The Morgan fingerprint density at radius 1 is 1.20 bits per heavy atom. The SMILES string of the molecule is CCCC1CCC(CN)C(c2ccc(C)c(F)c2F)C1. The molecule has 0 aliphatic heterocycles. The van der Waals surface area contributed by atoms with Gasteiger partial charge in [-0.1, -0.05) is 38.3 Å². The number of rotatable bonds is 4. The second kappa shape index (κ2) is 6.66. The van der Waals surface area contributed by atoms with Crippen LogP contribution in [0.4, 0.5) is 8.78 Å². The van der Waals surface area contributed by atoms with E-state index in [0.717, 1.165) is 19.3 Å². The third-order valence-electron chi connectivity index (χ3n) is 4.81. The molecule has 20 heavy (non-hydrogen) atoms. The molecule has 1 fully saturated rings. The van der Waals surface area contributed by atoms with Crippen LogP contribution in [0, 0.1) is 30.4 Å². The monoisotopic (exact) mass is 281 g/mol. The van der Waals surface area contributed by atoms with Gasteiger partial charge in [-0.15, -0.1) is 0 Å². The fourth-order valence-corrected chi connectivity index (χ4v) is 3.60. The fraction of sp³-hybridized carbons (Fsp3) is 0.647. The van der Waals surface area contributed by atoms with Gasteiger partial charge in [-0.05, 0) is 55.2 Å². The van der Waals surface area contributed by atoms with Crippen LogP contribution in [0.1, 0.15) is 56.1 Å². The van der Waals surface area contributed by atoms with Crippen LogP contribution in [0.2, 0.25) is 0 Å². The maximum absolute atomic E-state index is 14.3. The summed E-state index contributed by atoms with van der Waals surface area (Å²) < 4.78 is 28.1. The van der Waals surface area contributed by atoms with Crippen molar-refractivity contribution < 1.29 is 8.78 Å². The molecule has 1 aliphatic carbocycles. The minimum absolute atomic E-state index is 0.0698. The van der Waals surface area contributed by atoms with Gasteiger partial charge in [0.25, 0.3) is 0 Å². The number of nitrogens with two attached hydrogens (primary N) is 1. The molecular weight excluding hydrogens is 256 g/mol. The maximum Gasteiger partial charge on any atom is 0.162 e. The van der Waals surface area contributed by atoms with Crippen molar-refractivity contribution in [2.45, 2.75) is 51.9 Å². The first-order chi connectivity index (χ1) is 9.58. The minimum Gasteiger partial charge on any atom is -0.330 e. The first kappa shape index (κ1) is 15.4. The van der Waals surface area contributed by atoms with Crippen LogP contribution >= 0.6 is 0 Å². The lowest BCUT2D eigenvalue weighted by molar-refractivity contribution is 0.225. The van der Waals surface area contributed by atoms with Gasteiger partial charge in [0.2, 0.25) is 0 Å². The predicted octanol–water partition coefficient (Wildman–Crippen LogP) is 4.53. The van der Waals surface area contributed by atoms with Crippen LogP contribution in [-0.4, -0.2) is 6.54 Å². The van der Waals surface area contributed by atoms with E-state index in [2.05, 4.69) is 6.92 Å². The second-order valence-corrected chi connectivity index (χ2v) is 6.17. The molecule has 1 aromatic carbocycles. The zero-order valence-corrected chi connectivity index (χ0v) is 12.5. The molecule has 1 aromatic rings. The number of aryl methyl sites for hydroxylation is 1. The Morgan fingerprint density at radius 2 is 1.95 bits per heavy atom. The van der Waals surface area contributed by atoms with Crippen LogP contribution in [0.15, 0.2) is 12.1 Å². The van der Waals surface area contributed by atoms with E-state index in [4.69, 9.17) is 5.73 Å². The molecule has 2 N–H and O–H groups in total. The van der Waals surface area contributed by atoms with E-state index in [1.165, 1.54) is 12.8 Å². The Kier molecular flexibility index (Phi) is 5.14. The molecule has 3 heteroatoms. The normalized spacial score (nSPS) is 26.8. The quantitative estimate of drug-likeness (QED) is 0.862. The first-order valence-corrected chi connectivity index (χ1v) is 7.73. The molecule has 0 saturated heterocycles. The third kappa shape index (κ3) is 3.03. The smallest absolute Gasteiger partial charge is 0.162 e. The molecule has 1 saturated carbocycles. The summed E-state index contributed by atoms with van der Waals surface area (Å²) in [6, 6.07) is 3.44. The highest BCUT2D eigenvalue weighted by Gasteiger charge is 2.32. The Hall–Kier alpha value is -0.960. The van der Waals surface area contributed by atoms with Crippen molar-refractivity contribution in [2.24, 2.45) is 17.6 Å². The van der Waals surface area contributed by atoms with Crippen molar-refractivity contribution in [3.63, 3.8) is 0 Å². The Labute approximate surface area is 120 Å². The number of benzene rings is 1. The summed E-state index contributed by atoms with van der Waals surface area (Å²) in [5.74, 6) is -0.391. The molecule has 0 radical (unpaired) electrons. The number of hydrogen-bond donors (Lipinski definition) is 1. The summed E-state index contributed by atoms with van der Waals surface area (Å²) in [5.41, 5.74) is 6.76. The summed E-state index contributed by atoms with van der Waals surface area (Å²) in [6.07, 6.45) is 5.46. The summed E-state index contributed by atoms with van der Waals surface area (Å²) in [7, 11) is 0. The lowest BCUT2D eigenvalue weighted by Crippen LogP contribution is -2.29. The summed E-state index contributed by atoms with van der Waals surface area (Å²) in [5, 5.41) is 0. The Balaban J connectivity index is 2.29. The molecule has 3 atom stereocenters. The van der Waals surface area contributed by atoms with Crippen LogP contribution in [0.5, 0.6) is 0 Å². The highest BCUT2D eigenvalue weighted by atomic mass is 19.2. The lowest BCUT2D eigenvalue weighted by Gasteiger charge is -2.36. The molecule has 0 amide bonds. The fourth-order valence-electron chi connectivity index (χ4n) is 3.60. The summed E-state index contributed by atoms with van der Waals surface area (Å²) in [4.78, 5) is 0. The minimum atomic E-state index is -0.698. The van der Waals surface area contributed by atoms with Gasteiger partial charge in [0.1, 0.15) is 0 Å². The summed E-state index contributed by atoms with van der Waals surface area (Å²) in [6.45, 7) is 4.33. The van der Waals surface area contributed by atoms with Gasteiger partial charge in [-0.3, -0.25) is 0 Å². The van der Waals surface area contributed by atoms with Crippen molar-refractivity contribution in [2.75, 3.05) is 6.54 Å². The van der Waals surface area contributed by atoms with Crippen LogP contribution < -0.4 is 5.73 Å². The Bertz CT molecular complexity index is 459. The molecule has 1 aliphatic rings. The van der Waals surface area contributed by atoms with Crippen LogP contribution in [-0.2, 0) is 0 Å². The van der Waals surface area contributed by atoms with Gasteiger partial charge in [0.05, 0.1) is 0 Å². The van der Waals surface area contributed by atoms with Gasteiger partial charge in [0.15, 0.2) is 11.6 Å². The van der Waals surface area contributed by atoms with E-state index in [1.807, 2.05) is 0 Å². The van der Waals surface area contributed by atoms with Crippen molar-refractivity contribution in [1.82, 2.24) is 0 Å². The van der Waals surface area contributed by atoms with Gasteiger partial charge in [-0.25, -0.2) is 8.78 Å². The van der Waals surface area contributed by atoms with E-state index in [1.54, 1.807) is 19.1 Å². The molecular formula is C17H25F2N. The standard InChI is InChI=1S/C17H25F2N/c1-3-4-12-6-7-13(10-20)15(9-12)14-8-5-11(2)16(18)17(14)19/h5,8,12-13,15H,3-4,6-7,9-10,20H2,1-2H3. The van der Waals surface area contributed by atoms with Crippen molar-refractivity contribution in [3.05, 3.63) is 34.9 Å². The van der Waals surface area contributed by atoms with E-state index in [-0.39, 0.29) is 11.8 Å². The molecule has 0 aromatic heterocycles. The maximum atomic E-state index is 14.3. The van der Waals surface area contributed by atoms with Crippen LogP contribution in [0.25, 0.3) is 0 Å². The highest BCUT2D eigenvalue weighted by Crippen LogP contribution is 2.42. The van der Waals surface area contributed by atoms with Gasteiger partial charge < -0.3 is 5.73 Å². The molecule has 3 unspecified atom stereocenters. The van der Waals surface area contributed by atoms with E-state index >= 15 is 0 Å². The highest BCUT2D eigenvalue weighted by molar-refractivity contribution is 5.29. The molecule has 0 bridgehead atoms. The zero-order valence-electron chi connectivity index (χ0n) is 12.5. The number of halogens is 2. The van der Waals surface area contributed by atoms with Gasteiger partial charge in [0, 0.05) is 0 Å². The molecule has 0 heterocycles. The average molecular weight is 281 g/mol. The average Bonchev–Trinajstić information content (AvgIpc) is 2.45. The second-order valence-electron chi connectivity index (χ2n) is 6.17. The van der Waals surface area contributed by atoms with Crippen molar-refractivity contribution in [1.29, 1.82) is 0 Å². The lowest BCUT2D eigenvalue weighted by atomic mass is 9.70. The zero-order chi connectivity index (χ0) is 14.7. The molecule has 2 rings (SSSR count). The molecule has 1 nitrogen and oxygen atoms in total. The van der Waals surface area contributed by atoms with Gasteiger partial charge >= 0.3 is 0 Å². The molecule has 112 valence electrons. The van der Waals surface area contributed by atoms with E-state index in [9.17, 15) is 8.78 Å². The van der Waals surface area contributed by atoms with Crippen molar-refractivity contribution >= 4 is 0 Å². The Morgan fingerprint density at radius 3 is 2.60 bits per heavy atom.